The molecule has 1 aromatic rings. The Balaban J connectivity index is 1.78. The summed E-state index contributed by atoms with van der Waals surface area (Å²) >= 11 is 0. The smallest absolute Gasteiger partial charge is 0.404 e. The molecule has 0 radical (unpaired) electrons. The normalized spacial score (nSPS) is 16.9. The molecule has 1 fully saturated rings. The summed E-state index contributed by atoms with van der Waals surface area (Å²) in [6.07, 6.45) is 0. The van der Waals surface area contributed by atoms with Gasteiger partial charge in [-0.1, -0.05) is 0 Å². The number of carbonyl (C=O) groups is 1. The number of carbonyl (C=O) groups excluding carboxylic acids is 1. The first-order valence-corrected chi connectivity index (χ1v) is 6.83. The Labute approximate surface area is 123 Å². The molecular formula is C13H20N4O4. The van der Waals surface area contributed by atoms with Crippen LogP contribution in [0.25, 0.3) is 0 Å². The van der Waals surface area contributed by atoms with Gasteiger partial charge in [0.25, 0.3) is 0 Å². The van der Waals surface area contributed by atoms with E-state index in [1.807, 2.05) is 0 Å². The Hall–Kier alpha value is -1.93. The Kier molecular flexibility index (Phi) is 4.92. The number of hydrogen-bond donors (Lipinski definition) is 0. The van der Waals surface area contributed by atoms with E-state index in [2.05, 4.69) is 9.80 Å². The first kappa shape index (κ1) is 15.5. The summed E-state index contributed by atoms with van der Waals surface area (Å²) in [5, 5.41) is 10.6. The van der Waals surface area contributed by atoms with E-state index in [1.165, 1.54) is 6.07 Å². The van der Waals surface area contributed by atoms with Crippen molar-refractivity contribution in [3.63, 3.8) is 0 Å². The number of rotatable bonds is 5. The summed E-state index contributed by atoms with van der Waals surface area (Å²) in [6, 6.07) is 3.02. The van der Waals surface area contributed by atoms with Crippen molar-refractivity contribution in [2.75, 3.05) is 46.8 Å². The van der Waals surface area contributed by atoms with E-state index >= 15 is 0 Å². The molecule has 1 saturated heterocycles. The van der Waals surface area contributed by atoms with Crippen molar-refractivity contribution in [1.29, 1.82) is 0 Å². The second kappa shape index (κ2) is 6.68. The van der Waals surface area contributed by atoms with Gasteiger partial charge in [0.1, 0.15) is 10.7 Å². The number of nitrogens with zero attached hydrogens (tertiary/aromatic N) is 4. The third-order valence-electron chi connectivity index (χ3n) is 3.53. The second-order valence-electron chi connectivity index (χ2n) is 5.34. The van der Waals surface area contributed by atoms with Gasteiger partial charge in [-0.15, -0.1) is 0 Å². The van der Waals surface area contributed by atoms with E-state index < -0.39 is 4.92 Å². The predicted molar refractivity (Wildman–Crippen MR) is 75.8 cm³/mol. The maximum atomic E-state index is 11.6. The van der Waals surface area contributed by atoms with Crippen LogP contribution >= 0.6 is 0 Å². The zero-order valence-electron chi connectivity index (χ0n) is 12.3. The molecule has 0 saturated carbocycles. The van der Waals surface area contributed by atoms with E-state index in [9.17, 15) is 14.9 Å². The Bertz CT molecular complexity index is 506. The molecular weight excluding hydrogens is 276 g/mol. The summed E-state index contributed by atoms with van der Waals surface area (Å²) in [5.74, 6) is 0.477. The van der Waals surface area contributed by atoms with E-state index in [1.54, 1.807) is 25.1 Å². The topological polar surface area (TPSA) is 83.1 Å². The van der Waals surface area contributed by atoms with Crippen LogP contribution in [0.4, 0.5) is 5.88 Å². The quantitative estimate of drug-likeness (QED) is 0.577. The number of amides is 1. The lowest BCUT2D eigenvalue weighted by molar-refractivity contribution is -0.402. The average molecular weight is 296 g/mol. The van der Waals surface area contributed by atoms with Crippen molar-refractivity contribution in [2.24, 2.45) is 0 Å². The van der Waals surface area contributed by atoms with Gasteiger partial charge >= 0.3 is 5.88 Å². The van der Waals surface area contributed by atoms with Gasteiger partial charge in [-0.2, -0.15) is 0 Å². The highest BCUT2D eigenvalue weighted by Crippen LogP contribution is 2.17. The highest BCUT2D eigenvalue weighted by atomic mass is 16.6. The van der Waals surface area contributed by atoms with Crippen molar-refractivity contribution in [3.8, 4) is 0 Å². The minimum Gasteiger partial charge on any atom is -0.404 e. The van der Waals surface area contributed by atoms with Crippen molar-refractivity contribution >= 4 is 11.8 Å². The Morgan fingerprint density at radius 2 is 1.90 bits per heavy atom. The summed E-state index contributed by atoms with van der Waals surface area (Å²) in [5.41, 5.74) is 0. The van der Waals surface area contributed by atoms with Crippen LogP contribution in [0.1, 0.15) is 5.76 Å². The van der Waals surface area contributed by atoms with Crippen molar-refractivity contribution < 1.29 is 14.1 Å². The zero-order chi connectivity index (χ0) is 15.4. The molecule has 0 spiro atoms. The van der Waals surface area contributed by atoms with E-state index in [-0.39, 0.29) is 11.8 Å². The van der Waals surface area contributed by atoms with Gasteiger partial charge < -0.3 is 9.32 Å². The van der Waals surface area contributed by atoms with Crippen LogP contribution in [0.5, 0.6) is 0 Å². The SMILES string of the molecule is CN(C)C(=O)CN1CCN(Cc2ccc([N+](=O)[O-])o2)CC1. The van der Waals surface area contributed by atoms with Gasteiger partial charge in [0.05, 0.1) is 19.2 Å². The van der Waals surface area contributed by atoms with Gasteiger partial charge in [0.15, 0.2) is 0 Å². The highest BCUT2D eigenvalue weighted by Gasteiger charge is 2.21. The van der Waals surface area contributed by atoms with Crippen molar-refractivity contribution in [2.45, 2.75) is 6.54 Å². The summed E-state index contributed by atoms with van der Waals surface area (Å²) in [7, 11) is 3.50. The minimum atomic E-state index is -0.533. The summed E-state index contributed by atoms with van der Waals surface area (Å²) in [6.45, 7) is 4.24. The molecule has 2 heterocycles. The fourth-order valence-corrected chi connectivity index (χ4v) is 2.21. The van der Waals surface area contributed by atoms with Crippen LogP contribution in [0.15, 0.2) is 16.5 Å². The van der Waals surface area contributed by atoms with E-state index in [0.29, 0.717) is 18.8 Å². The third-order valence-corrected chi connectivity index (χ3v) is 3.53. The van der Waals surface area contributed by atoms with Crippen LogP contribution in [-0.4, -0.2) is 72.3 Å². The fraction of sp³-hybridized carbons (Fsp3) is 0.615. The maximum absolute atomic E-state index is 11.6. The molecule has 1 aliphatic heterocycles. The molecule has 1 amide bonds. The lowest BCUT2D eigenvalue weighted by atomic mass is 10.3. The van der Waals surface area contributed by atoms with Gasteiger partial charge in [-0.25, -0.2) is 0 Å². The molecule has 0 bridgehead atoms. The third kappa shape index (κ3) is 4.27. The monoisotopic (exact) mass is 296 g/mol. The second-order valence-corrected chi connectivity index (χ2v) is 5.34. The van der Waals surface area contributed by atoms with Gasteiger partial charge in [0.2, 0.25) is 5.91 Å². The molecule has 1 aliphatic rings. The van der Waals surface area contributed by atoms with Crippen LogP contribution in [-0.2, 0) is 11.3 Å². The fourth-order valence-electron chi connectivity index (χ4n) is 2.21. The largest absolute Gasteiger partial charge is 0.433 e. The number of likely N-dealkylation sites (N-methyl/N-ethyl adjacent to an activating group) is 1. The molecule has 0 aromatic carbocycles. The van der Waals surface area contributed by atoms with Crippen molar-refractivity contribution in [1.82, 2.24) is 14.7 Å². The molecule has 116 valence electrons. The number of furan rings is 1. The molecule has 0 aliphatic carbocycles. The molecule has 0 N–H and O–H groups in total. The Morgan fingerprint density at radius 3 is 2.43 bits per heavy atom. The summed E-state index contributed by atoms with van der Waals surface area (Å²) < 4.78 is 5.16. The number of nitro groups is 1. The predicted octanol–water partition coefficient (Wildman–Crippen LogP) is 0.394. The minimum absolute atomic E-state index is 0.102. The molecule has 8 heteroatoms. The standard InChI is InChI=1S/C13H20N4O4/c1-14(2)12(18)10-16-7-5-15(6-8-16)9-11-3-4-13(21-11)17(19)20/h3-4H,5-10H2,1-2H3. The molecule has 0 atom stereocenters. The number of hydrogen-bond acceptors (Lipinski definition) is 6. The number of piperazine rings is 1. The van der Waals surface area contributed by atoms with Crippen LogP contribution in [0.3, 0.4) is 0 Å². The Morgan fingerprint density at radius 1 is 1.29 bits per heavy atom. The van der Waals surface area contributed by atoms with Crippen LogP contribution < -0.4 is 0 Å². The molecule has 8 nitrogen and oxygen atoms in total. The lowest BCUT2D eigenvalue weighted by Gasteiger charge is -2.34. The van der Waals surface area contributed by atoms with Gasteiger partial charge in [-0.05, 0) is 6.07 Å². The molecule has 1 aromatic heterocycles. The van der Waals surface area contributed by atoms with Gasteiger partial charge in [-0.3, -0.25) is 24.7 Å². The molecule has 2 rings (SSSR count). The van der Waals surface area contributed by atoms with Crippen LogP contribution in [0, 0.1) is 10.1 Å². The average Bonchev–Trinajstić information content (AvgIpc) is 2.89. The van der Waals surface area contributed by atoms with E-state index in [0.717, 1.165) is 26.2 Å². The summed E-state index contributed by atoms with van der Waals surface area (Å²) in [4.78, 5) is 27.5. The van der Waals surface area contributed by atoms with Crippen molar-refractivity contribution in [3.05, 3.63) is 28.0 Å². The van der Waals surface area contributed by atoms with E-state index in [4.69, 9.17) is 4.42 Å². The zero-order valence-corrected chi connectivity index (χ0v) is 12.3. The van der Waals surface area contributed by atoms with Gasteiger partial charge in [0, 0.05) is 40.3 Å². The van der Waals surface area contributed by atoms with Crippen LogP contribution in [0.2, 0.25) is 0 Å². The molecule has 0 unspecified atom stereocenters. The molecule has 21 heavy (non-hydrogen) atoms. The lowest BCUT2D eigenvalue weighted by Crippen LogP contribution is -2.48. The maximum Gasteiger partial charge on any atom is 0.433 e. The highest BCUT2D eigenvalue weighted by molar-refractivity contribution is 5.77. The first-order chi connectivity index (χ1) is 9.95. The first-order valence-electron chi connectivity index (χ1n) is 6.83.